The Morgan fingerprint density at radius 3 is 2.58 bits per heavy atom. The molecule has 2 aromatic carbocycles. The molecule has 0 atom stereocenters. The number of benzene rings is 2. The third-order valence-corrected chi connectivity index (χ3v) is 6.10. The van der Waals surface area contributed by atoms with Gasteiger partial charge in [-0.2, -0.15) is 0 Å². The number of hydrogen-bond donors (Lipinski definition) is 0. The largest absolute Gasteiger partial charge is 0.495 e. The Bertz CT molecular complexity index is 1070. The number of anilines is 1. The van der Waals surface area contributed by atoms with Gasteiger partial charge in [-0.15, -0.1) is 6.58 Å². The average Bonchev–Trinajstić information content (AvgIpc) is 3.01. The van der Waals surface area contributed by atoms with E-state index in [0.29, 0.717) is 50.2 Å². The first-order valence-electron chi connectivity index (χ1n) is 9.49. The zero-order valence-corrected chi connectivity index (χ0v) is 19.8. The number of carbonyl (C=O) groups excluding carboxylic acids is 1. The van der Waals surface area contributed by atoms with Crippen LogP contribution in [0.25, 0.3) is 6.08 Å². The highest BCUT2D eigenvalue weighted by Crippen LogP contribution is 2.40. The van der Waals surface area contributed by atoms with Crippen LogP contribution in [0.5, 0.6) is 17.2 Å². The molecule has 1 saturated heterocycles. The Balaban J connectivity index is 1.99. The van der Waals surface area contributed by atoms with E-state index in [1.807, 2.05) is 19.1 Å². The summed E-state index contributed by atoms with van der Waals surface area (Å²) in [5.41, 5.74) is 2.33. The number of thioether (sulfide) groups is 1. The van der Waals surface area contributed by atoms with Crippen molar-refractivity contribution in [3.63, 3.8) is 0 Å². The van der Waals surface area contributed by atoms with Gasteiger partial charge in [0.05, 0.1) is 36.4 Å². The molecular formula is C23H22ClNO4S2. The highest BCUT2D eigenvalue weighted by Gasteiger charge is 2.33. The van der Waals surface area contributed by atoms with Gasteiger partial charge in [0.1, 0.15) is 5.75 Å². The summed E-state index contributed by atoms with van der Waals surface area (Å²) in [6.07, 6.45) is 4.21. The molecule has 0 aliphatic carbocycles. The monoisotopic (exact) mass is 475 g/mol. The standard InChI is InChI=1S/C23H22ClNO4S2/c1-5-7-15-10-14(11-19(29-6-2)21(15)28-4)12-20-22(26)25(23(30)31-20)16-8-9-18(27-3)17(24)13-16/h5,8-13H,1,6-7H2,2-4H3/b20-12+. The molecule has 0 saturated carbocycles. The van der Waals surface area contributed by atoms with Gasteiger partial charge in [0.25, 0.3) is 5.91 Å². The van der Waals surface area contributed by atoms with Crippen LogP contribution in [-0.4, -0.2) is 31.1 Å². The molecule has 1 heterocycles. The second-order valence-electron chi connectivity index (χ2n) is 6.47. The summed E-state index contributed by atoms with van der Waals surface area (Å²) in [5, 5.41) is 0.406. The fourth-order valence-electron chi connectivity index (χ4n) is 3.20. The topological polar surface area (TPSA) is 48.0 Å². The van der Waals surface area contributed by atoms with Crippen LogP contribution >= 0.6 is 35.6 Å². The SMILES string of the molecule is C=CCc1cc(/C=C2/SC(=S)N(c3ccc(OC)c(Cl)c3)C2=O)cc(OCC)c1OC. The predicted molar refractivity (Wildman–Crippen MR) is 132 cm³/mol. The second kappa shape index (κ2) is 10.2. The maximum atomic E-state index is 13.1. The minimum atomic E-state index is -0.213. The highest BCUT2D eigenvalue weighted by atomic mass is 35.5. The van der Waals surface area contributed by atoms with Gasteiger partial charge in [-0.05, 0) is 55.3 Å². The van der Waals surface area contributed by atoms with Crippen LogP contribution in [0.4, 0.5) is 5.69 Å². The van der Waals surface area contributed by atoms with Crippen molar-refractivity contribution >= 4 is 57.6 Å². The van der Waals surface area contributed by atoms with Crippen LogP contribution in [0.15, 0.2) is 47.9 Å². The van der Waals surface area contributed by atoms with E-state index in [2.05, 4.69) is 6.58 Å². The molecule has 0 aromatic heterocycles. The zero-order valence-electron chi connectivity index (χ0n) is 17.4. The predicted octanol–water partition coefficient (Wildman–Crippen LogP) is 5.89. The molecule has 0 spiro atoms. The van der Waals surface area contributed by atoms with Crippen molar-refractivity contribution in [1.82, 2.24) is 0 Å². The van der Waals surface area contributed by atoms with Crippen molar-refractivity contribution in [3.8, 4) is 17.2 Å². The smallest absolute Gasteiger partial charge is 0.270 e. The fraction of sp³-hybridized carbons (Fsp3) is 0.217. The van der Waals surface area contributed by atoms with Gasteiger partial charge in [-0.3, -0.25) is 9.69 Å². The molecule has 2 aromatic rings. The number of nitrogens with zero attached hydrogens (tertiary/aromatic N) is 1. The van der Waals surface area contributed by atoms with Gasteiger partial charge >= 0.3 is 0 Å². The maximum absolute atomic E-state index is 13.1. The summed E-state index contributed by atoms with van der Waals surface area (Å²) in [4.78, 5) is 15.1. The first-order valence-corrected chi connectivity index (χ1v) is 11.1. The van der Waals surface area contributed by atoms with Crippen molar-refractivity contribution in [1.29, 1.82) is 0 Å². The van der Waals surface area contributed by atoms with E-state index in [9.17, 15) is 4.79 Å². The van der Waals surface area contributed by atoms with Crippen molar-refractivity contribution in [3.05, 3.63) is 64.0 Å². The molecule has 162 valence electrons. The zero-order chi connectivity index (χ0) is 22.5. The number of amides is 1. The third-order valence-electron chi connectivity index (χ3n) is 4.51. The molecular weight excluding hydrogens is 454 g/mol. The van der Waals surface area contributed by atoms with Crippen molar-refractivity contribution in [2.24, 2.45) is 0 Å². The van der Waals surface area contributed by atoms with Crippen molar-refractivity contribution in [2.75, 3.05) is 25.7 Å². The minimum Gasteiger partial charge on any atom is -0.495 e. The molecule has 8 heteroatoms. The van der Waals surface area contributed by atoms with Gasteiger partial charge in [0.2, 0.25) is 0 Å². The third kappa shape index (κ3) is 4.89. The number of allylic oxidation sites excluding steroid dienone is 1. The number of halogens is 1. The van der Waals surface area contributed by atoms with E-state index in [-0.39, 0.29) is 5.91 Å². The van der Waals surface area contributed by atoms with Crippen LogP contribution in [0, 0.1) is 0 Å². The lowest BCUT2D eigenvalue weighted by atomic mass is 10.0. The number of thiocarbonyl (C=S) groups is 1. The summed E-state index contributed by atoms with van der Waals surface area (Å²) in [5.74, 6) is 1.60. The maximum Gasteiger partial charge on any atom is 0.270 e. The van der Waals surface area contributed by atoms with E-state index in [0.717, 1.165) is 11.1 Å². The Morgan fingerprint density at radius 2 is 1.97 bits per heavy atom. The Kier molecular flexibility index (Phi) is 7.64. The minimum absolute atomic E-state index is 0.213. The first kappa shape index (κ1) is 23.2. The molecule has 0 bridgehead atoms. The molecule has 0 radical (unpaired) electrons. The summed E-state index contributed by atoms with van der Waals surface area (Å²) in [6, 6.07) is 8.93. The van der Waals surface area contributed by atoms with Crippen LogP contribution < -0.4 is 19.1 Å². The van der Waals surface area contributed by atoms with Crippen molar-refractivity contribution in [2.45, 2.75) is 13.3 Å². The van der Waals surface area contributed by atoms with Gasteiger partial charge in [0.15, 0.2) is 15.8 Å². The molecule has 1 aliphatic rings. The molecule has 3 rings (SSSR count). The van der Waals surface area contributed by atoms with Crippen LogP contribution in [0.1, 0.15) is 18.1 Å². The number of hydrogen-bond acceptors (Lipinski definition) is 6. The number of rotatable bonds is 8. The molecule has 0 N–H and O–H groups in total. The van der Waals surface area contributed by atoms with Crippen LogP contribution in [0.2, 0.25) is 5.02 Å². The van der Waals surface area contributed by atoms with E-state index in [4.69, 9.17) is 38.0 Å². The van der Waals surface area contributed by atoms with Gasteiger partial charge < -0.3 is 14.2 Å². The lowest BCUT2D eigenvalue weighted by Gasteiger charge is -2.16. The van der Waals surface area contributed by atoms with Crippen LogP contribution in [-0.2, 0) is 11.2 Å². The van der Waals surface area contributed by atoms with Gasteiger partial charge in [0, 0.05) is 5.56 Å². The molecule has 1 aliphatic heterocycles. The normalized spacial score (nSPS) is 14.8. The summed E-state index contributed by atoms with van der Waals surface area (Å²) in [6.45, 7) is 6.21. The lowest BCUT2D eigenvalue weighted by molar-refractivity contribution is -0.113. The molecule has 0 unspecified atom stereocenters. The summed E-state index contributed by atoms with van der Waals surface area (Å²) in [7, 11) is 3.14. The first-order chi connectivity index (χ1) is 14.9. The highest BCUT2D eigenvalue weighted by molar-refractivity contribution is 8.27. The fourth-order valence-corrected chi connectivity index (χ4v) is 4.76. The van der Waals surface area contributed by atoms with E-state index >= 15 is 0 Å². The van der Waals surface area contributed by atoms with Crippen LogP contribution in [0.3, 0.4) is 0 Å². The van der Waals surface area contributed by atoms with Crippen molar-refractivity contribution < 1.29 is 19.0 Å². The van der Waals surface area contributed by atoms with E-state index in [1.165, 1.54) is 23.8 Å². The molecule has 5 nitrogen and oxygen atoms in total. The summed E-state index contributed by atoms with van der Waals surface area (Å²) >= 11 is 12.9. The molecule has 1 amide bonds. The van der Waals surface area contributed by atoms with Gasteiger partial charge in [-0.1, -0.05) is 41.7 Å². The molecule has 31 heavy (non-hydrogen) atoms. The second-order valence-corrected chi connectivity index (χ2v) is 8.56. The Hall–Kier alpha value is -2.48. The van der Waals surface area contributed by atoms with E-state index < -0.39 is 0 Å². The number of carbonyl (C=O) groups is 1. The average molecular weight is 476 g/mol. The Labute approximate surface area is 196 Å². The summed E-state index contributed by atoms with van der Waals surface area (Å²) < 4.78 is 16.9. The number of methoxy groups -OCH3 is 2. The van der Waals surface area contributed by atoms with E-state index in [1.54, 1.807) is 37.5 Å². The quantitative estimate of drug-likeness (QED) is 0.269. The lowest BCUT2D eigenvalue weighted by Crippen LogP contribution is -2.27. The molecule has 1 fully saturated rings. The Morgan fingerprint density at radius 1 is 1.19 bits per heavy atom. The number of ether oxygens (including phenoxy) is 3. The van der Waals surface area contributed by atoms with Gasteiger partial charge in [-0.25, -0.2) is 0 Å².